The molecule has 0 aliphatic heterocycles. The van der Waals surface area contributed by atoms with Gasteiger partial charge in [-0.25, -0.2) is 0 Å². The molecule has 302 valence electrons. The Labute approximate surface area is 319 Å². The maximum Gasteiger partial charge on any atom is 0.305 e. The van der Waals surface area contributed by atoms with Crippen LogP contribution in [0.1, 0.15) is 215 Å². The van der Waals surface area contributed by atoms with Crippen molar-refractivity contribution in [2.24, 2.45) is 11.3 Å². The van der Waals surface area contributed by atoms with Gasteiger partial charge in [-0.3, -0.25) is 9.69 Å². The molecule has 0 aliphatic carbocycles. The first-order valence-electron chi connectivity index (χ1n) is 22.2. The van der Waals surface area contributed by atoms with Crippen molar-refractivity contribution < 1.29 is 14.6 Å². The highest BCUT2D eigenvalue weighted by Gasteiger charge is 2.32. The lowest BCUT2D eigenvalue weighted by molar-refractivity contribution is -0.145. The van der Waals surface area contributed by atoms with E-state index in [1.807, 2.05) is 6.20 Å². The summed E-state index contributed by atoms with van der Waals surface area (Å²) in [5.74, 6) is 0.511. The first-order valence-corrected chi connectivity index (χ1v) is 22.2. The predicted molar refractivity (Wildman–Crippen MR) is 224 cm³/mol. The molecule has 0 aromatic rings. The van der Waals surface area contributed by atoms with E-state index in [2.05, 4.69) is 77.1 Å². The van der Waals surface area contributed by atoms with Crippen molar-refractivity contribution in [2.75, 3.05) is 26.2 Å². The predicted octanol–water partition coefficient (Wildman–Crippen LogP) is 13.4. The molecular weight excluding hydrogens is 629 g/mol. The minimum absolute atomic E-state index is 0.0124. The van der Waals surface area contributed by atoms with E-state index in [-0.39, 0.29) is 17.5 Å². The van der Waals surface area contributed by atoms with Crippen LogP contribution in [0.15, 0.2) is 25.1 Å². The number of aliphatic hydroxyl groups is 1. The summed E-state index contributed by atoms with van der Waals surface area (Å²) in [6.45, 7) is 23.2. The lowest BCUT2D eigenvalue weighted by atomic mass is 9.84. The van der Waals surface area contributed by atoms with Crippen LogP contribution in [0.5, 0.6) is 0 Å². The fraction of sp³-hybridized carbons (Fsp3) is 0.891. The summed E-state index contributed by atoms with van der Waals surface area (Å²) in [6.07, 6.45) is 37.0. The normalized spacial score (nSPS) is 13.9. The van der Waals surface area contributed by atoms with E-state index in [1.54, 1.807) is 0 Å². The van der Waals surface area contributed by atoms with Crippen molar-refractivity contribution in [1.82, 2.24) is 9.80 Å². The van der Waals surface area contributed by atoms with Gasteiger partial charge in [-0.15, -0.1) is 0 Å². The summed E-state index contributed by atoms with van der Waals surface area (Å²) in [5, 5.41) is 11.3. The zero-order chi connectivity index (χ0) is 38.0. The third-order valence-electron chi connectivity index (χ3n) is 10.6. The minimum atomic E-state index is -0.295. The molecule has 0 aromatic heterocycles. The number of nitrogens with zero attached hydrogens (tertiary/aromatic N) is 2. The average molecular weight is 719 g/mol. The molecule has 0 aliphatic rings. The molecule has 0 saturated carbocycles. The van der Waals surface area contributed by atoms with Crippen molar-refractivity contribution in [2.45, 2.75) is 228 Å². The van der Waals surface area contributed by atoms with Gasteiger partial charge in [-0.2, -0.15) is 0 Å². The average Bonchev–Trinajstić information content (AvgIpc) is 3.10. The second-order valence-corrected chi connectivity index (χ2v) is 16.7. The Kier molecular flexibility index (Phi) is 33.5. The third-order valence-corrected chi connectivity index (χ3v) is 10.6. The number of carbonyl (C=O) groups excluding carboxylic acids is 1. The molecule has 0 aromatic carbocycles. The number of aliphatic hydroxyl groups excluding tert-OH is 1. The Hall–Kier alpha value is -1.33. The fourth-order valence-corrected chi connectivity index (χ4v) is 7.33. The summed E-state index contributed by atoms with van der Waals surface area (Å²) >= 11 is 0. The second kappa shape index (κ2) is 34.4. The second-order valence-electron chi connectivity index (χ2n) is 16.7. The Balaban J connectivity index is 4.84. The molecule has 3 unspecified atom stereocenters. The van der Waals surface area contributed by atoms with E-state index >= 15 is 0 Å². The maximum absolute atomic E-state index is 12.5. The number of unbranched alkanes of at least 4 members (excludes halogenated alkanes) is 17. The molecular formula is C46H90N2O3. The largest absolute Gasteiger partial charge is 0.465 e. The van der Waals surface area contributed by atoms with E-state index in [0.29, 0.717) is 25.0 Å². The quantitative estimate of drug-likeness (QED) is 0.0512. The van der Waals surface area contributed by atoms with Gasteiger partial charge >= 0.3 is 5.97 Å². The molecule has 0 bridgehead atoms. The minimum Gasteiger partial charge on any atom is -0.465 e. The van der Waals surface area contributed by atoms with Gasteiger partial charge in [0.25, 0.3) is 0 Å². The molecule has 1 N–H and O–H groups in total. The highest BCUT2D eigenvalue weighted by atomic mass is 16.5. The molecule has 0 heterocycles. The van der Waals surface area contributed by atoms with E-state index in [0.717, 1.165) is 83.8 Å². The number of ether oxygens (including phenoxy) is 1. The summed E-state index contributed by atoms with van der Waals surface area (Å²) in [6, 6.07) is 0.294. The molecule has 0 spiro atoms. The van der Waals surface area contributed by atoms with Gasteiger partial charge in [0.05, 0.1) is 12.7 Å². The zero-order valence-electron chi connectivity index (χ0n) is 35.5. The summed E-state index contributed by atoms with van der Waals surface area (Å²) in [7, 11) is 0. The lowest BCUT2D eigenvalue weighted by Crippen LogP contribution is -2.52. The zero-order valence-corrected chi connectivity index (χ0v) is 35.5. The van der Waals surface area contributed by atoms with Crippen LogP contribution < -0.4 is 0 Å². The number of allylic oxidation sites excluding steroid dienone is 1. The van der Waals surface area contributed by atoms with Gasteiger partial charge in [-0.05, 0) is 68.8 Å². The Morgan fingerprint density at radius 2 is 1.22 bits per heavy atom. The van der Waals surface area contributed by atoms with Crippen LogP contribution in [0.25, 0.3) is 0 Å². The van der Waals surface area contributed by atoms with Crippen molar-refractivity contribution in [3.63, 3.8) is 0 Å². The van der Waals surface area contributed by atoms with Crippen LogP contribution in [-0.2, 0) is 9.53 Å². The standard InChI is InChI=1S/C46H90N2O3/c1-9-14-17-19-20-21-22-23-26-30-35-43(49)39-48(44(46(6,7)8)40-47(13-5)37-16-11-3)38-32-28-24-27-31-36-45(50)51-41-42(33-12-4)34-29-25-18-15-10-2/h13,16,37,42-44,49H,5,9-12,14-15,17-36,38-41H2,1-4,6-8H3/b37-16-. The van der Waals surface area contributed by atoms with Gasteiger partial charge < -0.3 is 14.7 Å². The van der Waals surface area contributed by atoms with E-state index in [9.17, 15) is 9.90 Å². The SMILES string of the molecule is C=CN(/C=C\CC)CC(N(CCCCCCCC(=O)OCC(CCC)CCCCCCC)CC(O)CCCCCCCCCCCC)C(C)(C)C. The van der Waals surface area contributed by atoms with Gasteiger partial charge in [0.15, 0.2) is 0 Å². The lowest BCUT2D eigenvalue weighted by Gasteiger charge is -2.43. The number of esters is 1. The Morgan fingerprint density at radius 3 is 1.75 bits per heavy atom. The third kappa shape index (κ3) is 29.8. The van der Waals surface area contributed by atoms with Crippen LogP contribution >= 0.6 is 0 Å². The monoisotopic (exact) mass is 719 g/mol. The van der Waals surface area contributed by atoms with Crippen molar-refractivity contribution in [3.8, 4) is 0 Å². The van der Waals surface area contributed by atoms with Gasteiger partial charge in [0, 0.05) is 25.6 Å². The van der Waals surface area contributed by atoms with Crippen molar-refractivity contribution >= 4 is 5.97 Å². The maximum atomic E-state index is 12.5. The van der Waals surface area contributed by atoms with Crippen LogP contribution in [0.4, 0.5) is 0 Å². The van der Waals surface area contributed by atoms with Crippen LogP contribution in [0, 0.1) is 11.3 Å². The molecule has 0 saturated heterocycles. The number of hydrogen-bond acceptors (Lipinski definition) is 5. The number of hydrogen-bond donors (Lipinski definition) is 1. The van der Waals surface area contributed by atoms with Crippen LogP contribution in [0.2, 0.25) is 0 Å². The van der Waals surface area contributed by atoms with E-state index in [4.69, 9.17) is 4.74 Å². The fourth-order valence-electron chi connectivity index (χ4n) is 7.33. The summed E-state index contributed by atoms with van der Waals surface area (Å²) in [5.41, 5.74) is 0.0592. The highest BCUT2D eigenvalue weighted by Crippen LogP contribution is 2.27. The highest BCUT2D eigenvalue weighted by molar-refractivity contribution is 5.69. The molecule has 0 fully saturated rings. The first-order chi connectivity index (χ1) is 24.6. The van der Waals surface area contributed by atoms with Gasteiger partial charge in [0.2, 0.25) is 0 Å². The molecule has 0 rings (SSSR count). The van der Waals surface area contributed by atoms with Crippen LogP contribution in [0.3, 0.4) is 0 Å². The summed E-state index contributed by atoms with van der Waals surface area (Å²) < 4.78 is 5.74. The topological polar surface area (TPSA) is 53.0 Å². The van der Waals surface area contributed by atoms with Crippen molar-refractivity contribution in [3.05, 3.63) is 25.1 Å². The molecule has 0 radical (unpaired) electrons. The van der Waals surface area contributed by atoms with E-state index in [1.165, 1.54) is 96.3 Å². The van der Waals surface area contributed by atoms with Gasteiger partial charge in [-0.1, -0.05) is 183 Å². The molecule has 3 atom stereocenters. The van der Waals surface area contributed by atoms with Crippen LogP contribution in [-0.4, -0.2) is 59.3 Å². The molecule has 51 heavy (non-hydrogen) atoms. The Morgan fingerprint density at radius 1 is 0.686 bits per heavy atom. The molecule has 0 amide bonds. The number of carbonyl (C=O) groups is 1. The van der Waals surface area contributed by atoms with E-state index < -0.39 is 0 Å². The molecule has 5 heteroatoms. The summed E-state index contributed by atoms with van der Waals surface area (Å²) in [4.78, 5) is 17.3. The van der Waals surface area contributed by atoms with Crippen molar-refractivity contribution in [1.29, 1.82) is 0 Å². The number of rotatable bonds is 37. The molecule has 5 nitrogen and oxygen atoms in total. The Bertz CT molecular complexity index is 807. The smallest absolute Gasteiger partial charge is 0.305 e. The first kappa shape index (κ1) is 49.7. The van der Waals surface area contributed by atoms with Gasteiger partial charge in [0.1, 0.15) is 0 Å².